The zero-order chi connectivity index (χ0) is 15.5. The smallest absolute Gasteiger partial charge is 0.194 e. The number of rotatable bonds is 6. The molecular weight excluding hydrogens is 280 g/mol. The Bertz CT molecular complexity index is 654. The molecule has 22 heavy (non-hydrogen) atoms. The van der Waals surface area contributed by atoms with Crippen LogP contribution in [0.25, 0.3) is 11.1 Å². The van der Waals surface area contributed by atoms with Crippen LogP contribution in [0.1, 0.15) is 15.9 Å². The molecule has 4 N–H and O–H groups in total. The lowest BCUT2D eigenvalue weighted by atomic mass is 10.1. The first kappa shape index (κ1) is 14.6. The van der Waals surface area contributed by atoms with E-state index < -0.39 is 0 Å². The van der Waals surface area contributed by atoms with Crippen LogP contribution in [0.4, 0.5) is 0 Å². The Labute approximate surface area is 128 Å². The molecule has 0 unspecified atom stereocenters. The molecule has 3 rings (SSSR count). The van der Waals surface area contributed by atoms with Gasteiger partial charge >= 0.3 is 0 Å². The summed E-state index contributed by atoms with van der Waals surface area (Å²) in [5, 5.41) is 0. The lowest BCUT2D eigenvalue weighted by Crippen LogP contribution is -2.10. The van der Waals surface area contributed by atoms with Gasteiger partial charge in [0, 0.05) is 24.2 Å². The number of carbonyl (C=O) groups excluding carboxylic acids is 1. The highest BCUT2D eigenvalue weighted by Gasteiger charge is 2.27. The number of ketones is 1. The molecule has 5 nitrogen and oxygen atoms in total. The van der Waals surface area contributed by atoms with E-state index >= 15 is 0 Å². The molecule has 0 atom stereocenters. The second kappa shape index (κ2) is 6.17. The van der Waals surface area contributed by atoms with E-state index in [1.54, 1.807) is 24.3 Å². The van der Waals surface area contributed by atoms with Crippen LogP contribution < -0.4 is 20.9 Å². The largest absolute Gasteiger partial charge is 0.492 e. The van der Waals surface area contributed by atoms with Crippen molar-refractivity contribution in [3.05, 3.63) is 47.5 Å². The van der Waals surface area contributed by atoms with Crippen molar-refractivity contribution in [3.63, 3.8) is 0 Å². The van der Waals surface area contributed by atoms with Crippen molar-refractivity contribution in [2.45, 2.75) is 0 Å². The van der Waals surface area contributed by atoms with Crippen LogP contribution in [0.5, 0.6) is 11.5 Å². The molecule has 0 aliphatic heterocycles. The van der Waals surface area contributed by atoms with Crippen molar-refractivity contribution in [3.8, 4) is 22.6 Å². The molecule has 114 valence electrons. The average molecular weight is 298 g/mol. The summed E-state index contributed by atoms with van der Waals surface area (Å²) in [6.07, 6.45) is 0. The Kier molecular flexibility index (Phi) is 4.09. The van der Waals surface area contributed by atoms with Gasteiger partial charge < -0.3 is 20.9 Å². The molecule has 0 fully saturated rings. The van der Waals surface area contributed by atoms with Gasteiger partial charge in [-0.3, -0.25) is 4.79 Å². The van der Waals surface area contributed by atoms with Gasteiger partial charge in [0.25, 0.3) is 0 Å². The Morgan fingerprint density at radius 1 is 0.727 bits per heavy atom. The van der Waals surface area contributed by atoms with E-state index in [0.717, 1.165) is 11.1 Å². The van der Waals surface area contributed by atoms with E-state index in [1.165, 1.54) is 0 Å². The van der Waals surface area contributed by atoms with Crippen molar-refractivity contribution in [1.29, 1.82) is 0 Å². The molecule has 0 bridgehead atoms. The molecule has 0 spiro atoms. The minimum Gasteiger partial charge on any atom is -0.492 e. The normalized spacial score (nSPS) is 12.0. The van der Waals surface area contributed by atoms with Gasteiger partial charge in [-0.1, -0.05) is 0 Å². The van der Waals surface area contributed by atoms with Crippen molar-refractivity contribution in [2.75, 3.05) is 26.3 Å². The van der Waals surface area contributed by atoms with Gasteiger partial charge in [-0.15, -0.1) is 0 Å². The summed E-state index contributed by atoms with van der Waals surface area (Å²) in [6, 6.07) is 10.9. The van der Waals surface area contributed by atoms with E-state index in [-0.39, 0.29) is 5.78 Å². The van der Waals surface area contributed by atoms with Gasteiger partial charge in [0.15, 0.2) is 5.78 Å². The highest BCUT2D eigenvalue weighted by atomic mass is 16.5. The lowest BCUT2D eigenvalue weighted by Gasteiger charge is -2.08. The van der Waals surface area contributed by atoms with Crippen LogP contribution in [0.3, 0.4) is 0 Å². The molecule has 2 aromatic rings. The molecule has 0 radical (unpaired) electrons. The monoisotopic (exact) mass is 298 g/mol. The molecule has 0 saturated carbocycles. The van der Waals surface area contributed by atoms with E-state index in [0.29, 0.717) is 48.9 Å². The number of nitrogens with two attached hydrogens (primary N) is 2. The standard InChI is InChI=1S/C17H18N2O3/c18-5-7-21-11-1-3-13-15(9-11)16-10-12(22-8-6-19)2-4-14(16)17(13)20/h1-4,9-10H,5-8,18-19H2. The third kappa shape index (κ3) is 2.56. The highest BCUT2D eigenvalue weighted by molar-refractivity contribution is 6.21. The van der Waals surface area contributed by atoms with Crippen LogP contribution in [0, 0.1) is 0 Å². The van der Waals surface area contributed by atoms with E-state index in [2.05, 4.69) is 0 Å². The zero-order valence-corrected chi connectivity index (χ0v) is 12.2. The molecule has 5 heteroatoms. The quantitative estimate of drug-likeness (QED) is 0.721. The fourth-order valence-electron chi connectivity index (χ4n) is 2.57. The molecule has 2 aromatic carbocycles. The number of hydrogen-bond acceptors (Lipinski definition) is 5. The molecule has 1 aliphatic rings. The van der Waals surface area contributed by atoms with Gasteiger partial charge in [0.1, 0.15) is 24.7 Å². The maximum absolute atomic E-state index is 12.4. The van der Waals surface area contributed by atoms with Crippen molar-refractivity contribution < 1.29 is 14.3 Å². The third-order valence-electron chi connectivity index (χ3n) is 3.53. The van der Waals surface area contributed by atoms with E-state index in [1.807, 2.05) is 12.1 Å². The first-order chi connectivity index (χ1) is 10.7. The summed E-state index contributed by atoms with van der Waals surface area (Å²) in [7, 11) is 0. The first-order valence-electron chi connectivity index (χ1n) is 7.23. The minimum atomic E-state index is 0.0285. The topological polar surface area (TPSA) is 87.6 Å². The second-order valence-corrected chi connectivity index (χ2v) is 5.02. The summed E-state index contributed by atoms with van der Waals surface area (Å²) < 4.78 is 11.1. The first-order valence-corrected chi connectivity index (χ1v) is 7.23. The predicted octanol–water partition coefficient (Wildman–Crippen LogP) is 1.57. The molecule has 0 heterocycles. The van der Waals surface area contributed by atoms with Crippen LogP contribution >= 0.6 is 0 Å². The Balaban J connectivity index is 1.99. The van der Waals surface area contributed by atoms with Crippen LogP contribution in [-0.4, -0.2) is 32.1 Å². The summed E-state index contributed by atoms with van der Waals surface area (Å²) in [4.78, 5) is 12.4. The molecular formula is C17H18N2O3. The van der Waals surface area contributed by atoms with Gasteiger partial charge in [-0.2, -0.15) is 0 Å². The number of hydrogen-bond donors (Lipinski definition) is 2. The SMILES string of the molecule is NCCOc1ccc2c(c1)-c1cc(OCCN)ccc1C2=O. The number of fused-ring (bicyclic) bond motifs is 3. The minimum absolute atomic E-state index is 0.0285. The fourth-order valence-corrected chi connectivity index (χ4v) is 2.57. The Morgan fingerprint density at radius 3 is 1.59 bits per heavy atom. The summed E-state index contributed by atoms with van der Waals surface area (Å²) in [5.74, 6) is 1.44. The summed E-state index contributed by atoms with van der Waals surface area (Å²) in [5.41, 5.74) is 14.0. The average Bonchev–Trinajstić information content (AvgIpc) is 2.83. The lowest BCUT2D eigenvalue weighted by molar-refractivity contribution is 0.104. The van der Waals surface area contributed by atoms with Gasteiger partial charge in [-0.25, -0.2) is 0 Å². The summed E-state index contributed by atoms with van der Waals surface area (Å²) >= 11 is 0. The fraction of sp³-hybridized carbons (Fsp3) is 0.235. The Hall–Kier alpha value is -2.37. The van der Waals surface area contributed by atoms with Crippen molar-refractivity contribution in [2.24, 2.45) is 11.5 Å². The molecule has 0 amide bonds. The number of carbonyl (C=O) groups is 1. The number of ether oxygens (including phenoxy) is 2. The van der Waals surface area contributed by atoms with Crippen molar-refractivity contribution in [1.82, 2.24) is 0 Å². The zero-order valence-electron chi connectivity index (χ0n) is 12.2. The van der Waals surface area contributed by atoms with Crippen LogP contribution in [0.15, 0.2) is 36.4 Å². The van der Waals surface area contributed by atoms with E-state index in [4.69, 9.17) is 20.9 Å². The van der Waals surface area contributed by atoms with Crippen LogP contribution in [0.2, 0.25) is 0 Å². The van der Waals surface area contributed by atoms with Gasteiger partial charge in [-0.05, 0) is 47.5 Å². The molecule has 0 saturated heterocycles. The van der Waals surface area contributed by atoms with E-state index in [9.17, 15) is 4.79 Å². The molecule has 0 aromatic heterocycles. The second-order valence-electron chi connectivity index (χ2n) is 5.02. The van der Waals surface area contributed by atoms with Gasteiger partial charge in [0.2, 0.25) is 0 Å². The van der Waals surface area contributed by atoms with Crippen LogP contribution in [-0.2, 0) is 0 Å². The van der Waals surface area contributed by atoms with Crippen molar-refractivity contribution >= 4 is 5.78 Å². The van der Waals surface area contributed by atoms with Gasteiger partial charge in [0.05, 0.1) is 0 Å². The summed E-state index contributed by atoms with van der Waals surface area (Å²) in [6.45, 7) is 1.78. The predicted molar refractivity (Wildman–Crippen MR) is 84.4 cm³/mol. The third-order valence-corrected chi connectivity index (χ3v) is 3.53. The molecule has 1 aliphatic carbocycles. The maximum atomic E-state index is 12.4. The maximum Gasteiger partial charge on any atom is 0.194 e. The highest BCUT2D eigenvalue weighted by Crippen LogP contribution is 2.40. The number of benzene rings is 2. The Morgan fingerprint density at radius 2 is 1.18 bits per heavy atom.